The van der Waals surface area contributed by atoms with E-state index in [9.17, 15) is 9.59 Å². The lowest BCUT2D eigenvalue weighted by Gasteiger charge is -2.20. The van der Waals surface area contributed by atoms with Crippen molar-refractivity contribution in [2.75, 3.05) is 17.2 Å². The predicted octanol–water partition coefficient (Wildman–Crippen LogP) is 3.37. The molecule has 23 heavy (non-hydrogen) atoms. The second kappa shape index (κ2) is 6.86. The van der Waals surface area contributed by atoms with Crippen LogP contribution in [0.3, 0.4) is 0 Å². The van der Waals surface area contributed by atoms with Crippen molar-refractivity contribution in [3.8, 4) is 0 Å². The number of hydrogen-bond donors (Lipinski definition) is 3. The molecule has 0 aromatic heterocycles. The molecule has 122 valence electrons. The maximum atomic E-state index is 12.4. The fourth-order valence-electron chi connectivity index (χ4n) is 3.78. The summed E-state index contributed by atoms with van der Waals surface area (Å²) in [7, 11) is 0. The van der Waals surface area contributed by atoms with E-state index in [4.69, 9.17) is 0 Å². The van der Waals surface area contributed by atoms with E-state index in [-0.39, 0.29) is 17.9 Å². The van der Waals surface area contributed by atoms with Gasteiger partial charge in [0.25, 0.3) is 0 Å². The lowest BCUT2D eigenvalue weighted by molar-refractivity contribution is -0.121. The number of carbonyl (C=O) groups is 2. The Balaban J connectivity index is 1.52. The van der Waals surface area contributed by atoms with Crippen LogP contribution in [0.15, 0.2) is 36.9 Å². The Hall–Kier alpha value is -2.30. The van der Waals surface area contributed by atoms with Crippen molar-refractivity contribution in [1.82, 2.24) is 5.32 Å². The summed E-state index contributed by atoms with van der Waals surface area (Å²) in [5.41, 5.74) is 1.46. The molecule has 0 aliphatic heterocycles. The minimum absolute atomic E-state index is 0.140. The van der Waals surface area contributed by atoms with Gasteiger partial charge in [0.1, 0.15) is 0 Å². The number of rotatable bonds is 5. The van der Waals surface area contributed by atoms with Crippen LogP contribution in [-0.2, 0) is 4.79 Å². The Morgan fingerprint density at radius 3 is 2.35 bits per heavy atom. The van der Waals surface area contributed by atoms with E-state index in [1.54, 1.807) is 18.2 Å². The summed E-state index contributed by atoms with van der Waals surface area (Å²) in [6.45, 7) is 3.96. The van der Waals surface area contributed by atoms with Gasteiger partial charge in [-0.3, -0.25) is 4.79 Å². The highest BCUT2D eigenvalue weighted by Gasteiger charge is 2.42. The number of anilines is 2. The number of urea groups is 1. The van der Waals surface area contributed by atoms with Gasteiger partial charge < -0.3 is 16.0 Å². The van der Waals surface area contributed by atoms with Crippen LogP contribution < -0.4 is 16.0 Å². The van der Waals surface area contributed by atoms with Gasteiger partial charge >= 0.3 is 6.03 Å². The quantitative estimate of drug-likeness (QED) is 0.729. The Kier molecular flexibility index (Phi) is 4.65. The summed E-state index contributed by atoms with van der Waals surface area (Å²) in [4.78, 5) is 23.9. The summed E-state index contributed by atoms with van der Waals surface area (Å²) in [6.07, 6.45) is 6.38. The number of carbonyl (C=O) groups excluding carboxylic acids is 2. The van der Waals surface area contributed by atoms with Gasteiger partial charge in [-0.05, 0) is 55.4 Å². The molecule has 2 bridgehead atoms. The first-order valence-electron chi connectivity index (χ1n) is 8.22. The molecule has 2 fully saturated rings. The van der Waals surface area contributed by atoms with Crippen LogP contribution in [0, 0.1) is 17.8 Å². The minimum Gasteiger partial charge on any atom is -0.334 e. The zero-order valence-corrected chi connectivity index (χ0v) is 13.2. The van der Waals surface area contributed by atoms with Crippen molar-refractivity contribution in [1.29, 1.82) is 0 Å². The summed E-state index contributed by atoms with van der Waals surface area (Å²) in [6, 6.07) is 6.92. The molecule has 2 aliphatic rings. The van der Waals surface area contributed by atoms with Crippen LogP contribution in [0.5, 0.6) is 0 Å². The molecule has 3 unspecified atom stereocenters. The van der Waals surface area contributed by atoms with Crippen molar-refractivity contribution >= 4 is 23.3 Å². The third kappa shape index (κ3) is 3.73. The normalized spacial score (nSPS) is 25.0. The highest BCUT2D eigenvalue weighted by atomic mass is 16.2. The molecule has 5 heteroatoms. The van der Waals surface area contributed by atoms with E-state index in [1.807, 2.05) is 12.1 Å². The molecule has 5 nitrogen and oxygen atoms in total. The molecule has 0 heterocycles. The summed E-state index contributed by atoms with van der Waals surface area (Å²) in [5, 5.41) is 8.37. The highest BCUT2D eigenvalue weighted by molar-refractivity contribution is 5.94. The molecular weight excluding hydrogens is 290 g/mol. The molecule has 0 saturated heterocycles. The molecule has 0 spiro atoms. The molecule has 3 N–H and O–H groups in total. The lowest BCUT2D eigenvalue weighted by Crippen LogP contribution is -2.28. The van der Waals surface area contributed by atoms with Crippen LogP contribution in [0.1, 0.15) is 25.7 Å². The SMILES string of the molecule is C=CCNC(=O)Nc1ccc(NC(=O)C2CC3CCC2C3)cc1. The number of benzene rings is 1. The first kappa shape index (κ1) is 15.6. The van der Waals surface area contributed by atoms with Gasteiger partial charge in [0.15, 0.2) is 0 Å². The first-order chi connectivity index (χ1) is 11.2. The highest BCUT2D eigenvalue weighted by Crippen LogP contribution is 2.48. The number of amides is 3. The Morgan fingerprint density at radius 1 is 1.09 bits per heavy atom. The zero-order valence-electron chi connectivity index (χ0n) is 13.2. The molecule has 3 rings (SSSR count). The van der Waals surface area contributed by atoms with Gasteiger partial charge in [-0.15, -0.1) is 6.58 Å². The monoisotopic (exact) mass is 313 g/mol. The average molecular weight is 313 g/mol. The standard InChI is InChI=1S/C18H23N3O2/c1-2-9-19-18(23)21-15-7-5-14(6-8-15)20-17(22)16-11-12-3-4-13(16)10-12/h2,5-8,12-13,16H,1,3-4,9-11H2,(H,20,22)(H2,19,21,23). The first-order valence-corrected chi connectivity index (χ1v) is 8.22. The fourth-order valence-corrected chi connectivity index (χ4v) is 3.78. The van der Waals surface area contributed by atoms with Crippen molar-refractivity contribution in [3.05, 3.63) is 36.9 Å². The van der Waals surface area contributed by atoms with Crippen molar-refractivity contribution in [2.24, 2.45) is 17.8 Å². The van der Waals surface area contributed by atoms with Crippen LogP contribution in [0.25, 0.3) is 0 Å². The molecule has 1 aromatic carbocycles. The van der Waals surface area contributed by atoms with Gasteiger partial charge in [0.05, 0.1) is 0 Å². The number of fused-ring (bicyclic) bond motifs is 2. The Morgan fingerprint density at radius 2 is 1.78 bits per heavy atom. The Labute approximate surface area is 136 Å². The molecule has 2 aliphatic carbocycles. The molecule has 2 saturated carbocycles. The lowest BCUT2D eigenvalue weighted by atomic mass is 9.88. The van der Waals surface area contributed by atoms with Crippen molar-refractivity contribution < 1.29 is 9.59 Å². The number of nitrogens with one attached hydrogen (secondary N) is 3. The van der Waals surface area contributed by atoms with E-state index in [0.29, 0.717) is 18.2 Å². The van der Waals surface area contributed by atoms with E-state index >= 15 is 0 Å². The fraction of sp³-hybridized carbons (Fsp3) is 0.444. The smallest absolute Gasteiger partial charge is 0.319 e. The third-order valence-corrected chi connectivity index (χ3v) is 4.89. The second-order valence-corrected chi connectivity index (χ2v) is 6.47. The van der Waals surface area contributed by atoms with E-state index in [0.717, 1.165) is 18.0 Å². The second-order valence-electron chi connectivity index (χ2n) is 6.47. The van der Waals surface area contributed by atoms with Crippen molar-refractivity contribution in [2.45, 2.75) is 25.7 Å². The zero-order chi connectivity index (χ0) is 16.2. The van der Waals surface area contributed by atoms with Crippen molar-refractivity contribution in [3.63, 3.8) is 0 Å². The maximum Gasteiger partial charge on any atom is 0.319 e. The predicted molar refractivity (Wildman–Crippen MR) is 91.2 cm³/mol. The van der Waals surface area contributed by atoms with Gasteiger partial charge in [-0.2, -0.15) is 0 Å². The minimum atomic E-state index is -0.274. The topological polar surface area (TPSA) is 70.2 Å². The molecule has 3 atom stereocenters. The van der Waals surface area contributed by atoms with E-state index in [1.165, 1.54) is 19.3 Å². The van der Waals surface area contributed by atoms with Crippen LogP contribution in [0.2, 0.25) is 0 Å². The van der Waals surface area contributed by atoms with E-state index in [2.05, 4.69) is 22.5 Å². The van der Waals surface area contributed by atoms with Gasteiger partial charge in [0.2, 0.25) is 5.91 Å². The summed E-state index contributed by atoms with van der Waals surface area (Å²) >= 11 is 0. The maximum absolute atomic E-state index is 12.4. The van der Waals surface area contributed by atoms with Gasteiger partial charge in [0, 0.05) is 23.8 Å². The van der Waals surface area contributed by atoms with E-state index < -0.39 is 0 Å². The largest absolute Gasteiger partial charge is 0.334 e. The third-order valence-electron chi connectivity index (χ3n) is 4.89. The Bertz CT molecular complexity index is 597. The molecule has 0 radical (unpaired) electrons. The molecule has 3 amide bonds. The summed E-state index contributed by atoms with van der Waals surface area (Å²) < 4.78 is 0. The van der Waals surface area contributed by atoms with Gasteiger partial charge in [-0.1, -0.05) is 12.5 Å². The molecular formula is C18H23N3O2. The average Bonchev–Trinajstić information content (AvgIpc) is 3.18. The van der Waals surface area contributed by atoms with Crippen LogP contribution in [-0.4, -0.2) is 18.5 Å². The number of hydrogen-bond acceptors (Lipinski definition) is 2. The van der Waals surface area contributed by atoms with Crippen LogP contribution in [0.4, 0.5) is 16.2 Å². The van der Waals surface area contributed by atoms with Crippen LogP contribution >= 0.6 is 0 Å². The molecule has 1 aromatic rings. The summed E-state index contributed by atoms with van der Waals surface area (Å²) in [5.74, 6) is 1.66. The van der Waals surface area contributed by atoms with Gasteiger partial charge in [-0.25, -0.2) is 4.79 Å².